The molecule has 0 saturated heterocycles. The summed E-state index contributed by atoms with van der Waals surface area (Å²) in [6.07, 6.45) is 17.5. The average molecular weight is 733 g/mol. The van der Waals surface area contributed by atoms with Crippen LogP contribution in [0.25, 0.3) is 12.2 Å². The van der Waals surface area contributed by atoms with E-state index in [9.17, 15) is 9.59 Å². The van der Waals surface area contributed by atoms with Crippen molar-refractivity contribution in [3.05, 3.63) is 102 Å². The fourth-order valence-corrected chi connectivity index (χ4v) is 4.22. The van der Waals surface area contributed by atoms with Crippen molar-refractivity contribution in [3.63, 3.8) is 0 Å². The summed E-state index contributed by atoms with van der Waals surface area (Å²) in [6, 6.07) is 24.9. The zero-order valence-corrected chi connectivity index (χ0v) is 33.8. The number of rotatable bonds is 21. The van der Waals surface area contributed by atoms with E-state index in [0.717, 1.165) is 62.5 Å². The lowest BCUT2D eigenvalue weighted by molar-refractivity contribution is -0.138. The minimum atomic E-state index is -0.320. The van der Waals surface area contributed by atoms with Crippen LogP contribution in [0.3, 0.4) is 0 Å². The van der Waals surface area contributed by atoms with E-state index in [2.05, 4.69) is 41.5 Å². The molecule has 3 aromatic carbocycles. The van der Waals surface area contributed by atoms with E-state index < -0.39 is 0 Å². The number of hydrogen-bond acceptors (Lipinski definition) is 7. The first kappa shape index (κ1) is 48.5. The first-order valence-corrected chi connectivity index (χ1v) is 19.6. The maximum absolute atomic E-state index is 11.8. The van der Waals surface area contributed by atoms with Crippen molar-refractivity contribution < 1.29 is 33.3 Å². The zero-order chi connectivity index (χ0) is 39.2. The molecule has 0 aliphatic heterocycles. The first-order valence-electron chi connectivity index (χ1n) is 19.6. The quantitative estimate of drug-likeness (QED) is 0.0613. The molecule has 0 heterocycles. The lowest BCUT2D eigenvalue weighted by Gasteiger charge is -2.12. The minimum Gasteiger partial charge on any atom is -0.496 e. The number of carbonyl (C=O) groups excluding carboxylic acids is 2. The van der Waals surface area contributed by atoms with Gasteiger partial charge in [0.25, 0.3) is 0 Å². The Balaban J connectivity index is 0.00000272. The normalized spacial score (nSPS) is 10.2. The first-order chi connectivity index (χ1) is 25.9. The van der Waals surface area contributed by atoms with E-state index >= 15 is 0 Å². The molecule has 0 aromatic heterocycles. The van der Waals surface area contributed by atoms with Crippen molar-refractivity contribution in [2.45, 2.75) is 112 Å². The van der Waals surface area contributed by atoms with Gasteiger partial charge in [0.1, 0.15) is 17.2 Å². The molecule has 0 unspecified atom stereocenters. The standard InChI is InChI=1S/C37H44O7.3C3H8/c1-40-33-28-34(41-24-12-2-4-14-26-43-36(38)22-20-31-16-8-6-9-17-31)30-35(29-33)42-25-13-3-5-15-27-44-37(39)23-21-32-18-10-7-11-19-32;3*1-3-2/h6-11,16-23,28-30H,2-5,12-15,24-27H2,1H3;3*3H2,1-2H3/b22-20+,23-21+;;;. The second-order valence-electron chi connectivity index (χ2n) is 12.3. The van der Waals surface area contributed by atoms with Crippen LogP contribution in [0, 0.1) is 0 Å². The van der Waals surface area contributed by atoms with E-state index in [-0.39, 0.29) is 11.9 Å². The van der Waals surface area contributed by atoms with E-state index in [4.69, 9.17) is 23.7 Å². The lowest BCUT2D eigenvalue weighted by atomic mass is 10.2. The van der Waals surface area contributed by atoms with Crippen LogP contribution in [0.5, 0.6) is 17.2 Å². The molecule has 0 N–H and O–H groups in total. The third-order valence-electron chi connectivity index (χ3n) is 6.62. The number of methoxy groups -OCH3 is 1. The van der Waals surface area contributed by atoms with Crippen LogP contribution >= 0.6 is 0 Å². The Kier molecular flexibility index (Phi) is 32.8. The summed E-state index contributed by atoms with van der Waals surface area (Å²) in [5.74, 6) is 1.46. The highest BCUT2D eigenvalue weighted by Crippen LogP contribution is 2.28. The molecule has 0 aliphatic carbocycles. The average Bonchev–Trinajstić information content (AvgIpc) is 3.17. The predicted molar refractivity (Wildman–Crippen MR) is 222 cm³/mol. The van der Waals surface area contributed by atoms with Gasteiger partial charge in [0.15, 0.2) is 0 Å². The number of esters is 2. The Bertz CT molecular complexity index is 1240. The van der Waals surface area contributed by atoms with Crippen LogP contribution < -0.4 is 14.2 Å². The van der Waals surface area contributed by atoms with E-state index in [1.807, 2.05) is 78.9 Å². The summed E-state index contributed by atoms with van der Waals surface area (Å²) in [4.78, 5) is 23.7. The molecule has 294 valence electrons. The Morgan fingerprint density at radius 3 is 1.13 bits per heavy atom. The topological polar surface area (TPSA) is 80.3 Å². The molecular weight excluding hydrogens is 664 g/mol. The monoisotopic (exact) mass is 732 g/mol. The van der Waals surface area contributed by atoms with Gasteiger partial charge in [-0.25, -0.2) is 9.59 Å². The second-order valence-corrected chi connectivity index (χ2v) is 12.3. The molecule has 0 atom stereocenters. The van der Waals surface area contributed by atoms with Crippen molar-refractivity contribution in [3.8, 4) is 17.2 Å². The molecule has 0 saturated carbocycles. The number of unbranched alkanes of at least 4 members (excludes halogenated alkanes) is 6. The number of ether oxygens (including phenoxy) is 5. The third-order valence-corrected chi connectivity index (χ3v) is 6.62. The smallest absolute Gasteiger partial charge is 0.330 e. The van der Waals surface area contributed by atoms with Gasteiger partial charge in [0.2, 0.25) is 0 Å². The lowest BCUT2D eigenvalue weighted by Crippen LogP contribution is -2.03. The van der Waals surface area contributed by atoms with Crippen LogP contribution in [-0.2, 0) is 19.1 Å². The Morgan fingerprint density at radius 2 is 0.792 bits per heavy atom. The SMILES string of the molecule is CCC.CCC.CCC.COc1cc(OCCCCCCOC(=O)/C=C/c2ccccc2)cc(OCCCCCCOC(=O)/C=C/c2ccccc2)c1. The number of hydrogen-bond donors (Lipinski definition) is 0. The van der Waals surface area contributed by atoms with Gasteiger partial charge in [-0.2, -0.15) is 0 Å². The molecule has 53 heavy (non-hydrogen) atoms. The van der Waals surface area contributed by atoms with E-state index in [1.54, 1.807) is 19.3 Å². The highest BCUT2D eigenvalue weighted by Gasteiger charge is 2.05. The maximum atomic E-state index is 11.8. The minimum absolute atomic E-state index is 0.320. The largest absolute Gasteiger partial charge is 0.496 e. The van der Waals surface area contributed by atoms with Gasteiger partial charge in [-0.15, -0.1) is 0 Å². The van der Waals surface area contributed by atoms with Crippen molar-refractivity contribution in [1.82, 2.24) is 0 Å². The van der Waals surface area contributed by atoms with Crippen molar-refractivity contribution in [2.24, 2.45) is 0 Å². The van der Waals surface area contributed by atoms with Crippen LogP contribution in [-0.4, -0.2) is 45.5 Å². The molecule has 0 spiro atoms. The van der Waals surface area contributed by atoms with Crippen LogP contribution in [0.1, 0.15) is 123 Å². The second kappa shape index (κ2) is 35.9. The fourth-order valence-electron chi connectivity index (χ4n) is 4.22. The van der Waals surface area contributed by atoms with Gasteiger partial charge in [-0.3, -0.25) is 0 Å². The zero-order valence-electron chi connectivity index (χ0n) is 33.8. The fraction of sp³-hybridized carbons (Fsp3) is 0.478. The van der Waals surface area contributed by atoms with Gasteiger partial charge in [0.05, 0.1) is 33.5 Å². The van der Waals surface area contributed by atoms with Gasteiger partial charge in [0, 0.05) is 30.4 Å². The van der Waals surface area contributed by atoms with E-state index in [1.165, 1.54) is 31.4 Å². The number of benzene rings is 3. The molecule has 7 heteroatoms. The van der Waals surface area contributed by atoms with Crippen molar-refractivity contribution in [2.75, 3.05) is 33.5 Å². The highest BCUT2D eigenvalue weighted by molar-refractivity contribution is 5.87. The molecule has 0 bridgehead atoms. The summed E-state index contributed by atoms with van der Waals surface area (Å²) in [5, 5.41) is 0. The maximum Gasteiger partial charge on any atom is 0.330 e. The summed E-state index contributed by atoms with van der Waals surface area (Å²) >= 11 is 0. The highest BCUT2D eigenvalue weighted by atomic mass is 16.5. The van der Waals surface area contributed by atoms with Crippen LogP contribution in [0.15, 0.2) is 91.0 Å². The molecule has 3 rings (SSSR count). The Morgan fingerprint density at radius 1 is 0.472 bits per heavy atom. The van der Waals surface area contributed by atoms with E-state index in [0.29, 0.717) is 43.7 Å². The molecule has 0 amide bonds. The van der Waals surface area contributed by atoms with Gasteiger partial charge >= 0.3 is 11.9 Å². The summed E-state index contributed by atoms with van der Waals surface area (Å²) < 4.78 is 27.8. The van der Waals surface area contributed by atoms with Crippen molar-refractivity contribution >= 4 is 24.1 Å². The molecule has 7 nitrogen and oxygen atoms in total. The molecular formula is C46H68O7. The van der Waals surface area contributed by atoms with Crippen LogP contribution in [0.4, 0.5) is 0 Å². The molecule has 3 aromatic rings. The summed E-state index contributed by atoms with van der Waals surface area (Å²) in [5.41, 5.74) is 1.94. The van der Waals surface area contributed by atoms with Crippen LogP contribution in [0.2, 0.25) is 0 Å². The van der Waals surface area contributed by atoms with Gasteiger partial charge in [-0.05, 0) is 74.6 Å². The summed E-state index contributed by atoms with van der Waals surface area (Å²) in [7, 11) is 1.62. The Hall–Kier alpha value is -4.52. The number of carbonyl (C=O) groups is 2. The molecule has 0 radical (unpaired) electrons. The molecule has 0 fully saturated rings. The predicted octanol–water partition coefficient (Wildman–Crippen LogP) is 12.3. The molecule has 0 aliphatic rings. The Labute approximate surface area is 321 Å². The van der Waals surface area contributed by atoms with Gasteiger partial charge < -0.3 is 23.7 Å². The van der Waals surface area contributed by atoms with Gasteiger partial charge in [-0.1, -0.05) is 121 Å². The third kappa shape index (κ3) is 29.7. The summed E-state index contributed by atoms with van der Waals surface area (Å²) in [6.45, 7) is 14.7. The van der Waals surface area contributed by atoms with Crippen molar-refractivity contribution in [1.29, 1.82) is 0 Å².